The Morgan fingerprint density at radius 1 is 1.00 bits per heavy atom. The smallest absolute Gasteiger partial charge is 0.271 e. The average Bonchev–Trinajstić information content (AvgIpc) is 2.83. The molecule has 0 aliphatic carbocycles. The van der Waals surface area contributed by atoms with Crippen LogP contribution in [-0.4, -0.2) is 41.0 Å². The highest BCUT2D eigenvalue weighted by Crippen LogP contribution is 2.27. The highest BCUT2D eigenvalue weighted by Gasteiger charge is 2.18. The molecule has 0 saturated carbocycles. The molecule has 34 heavy (non-hydrogen) atoms. The number of methoxy groups -OCH3 is 2. The highest BCUT2D eigenvalue weighted by atomic mass is 35.5. The first kappa shape index (κ1) is 25.1. The molecular weight excluding hydrogens is 478 g/mol. The SMILES string of the molecule is COc1ccc(/C=N/NC(=O)c2ccc(N(Cc3ccc(Cl)cc3)S(C)(=O)=O)cc2)cc1OC. The zero-order valence-electron chi connectivity index (χ0n) is 18.9. The minimum atomic E-state index is -3.56. The molecule has 1 amide bonds. The zero-order chi connectivity index (χ0) is 24.7. The number of hydrazone groups is 1. The van der Waals surface area contributed by atoms with Gasteiger partial charge in [-0.3, -0.25) is 9.10 Å². The summed E-state index contributed by atoms with van der Waals surface area (Å²) in [5.41, 5.74) is 4.70. The Hall–Kier alpha value is -3.56. The van der Waals surface area contributed by atoms with Gasteiger partial charge >= 0.3 is 0 Å². The molecule has 0 atom stereocenters. The summed E-state index contributed by atoms with van der Waals surface area (Å²) in [6, 6.07) is 18.4. The first-order valence-corrected chi connectivity index (χ1v) is 12.3. The molecule has 0 aliphatic heterocycles. The molecule has 0 aliphatic rings. The Kier molecular flexibility index (Phi) is 8.14. The molecule has 0 unspecified atom stereocenters. The van der Waals surface area contributed by atoms with Crippen molar-refractivity contribution in [2.75, 3.05) is 24.8 Å². The molecule has 10 heteroatoms. The van der Waals surface area contributed by atoms with E-state index in [9.17, 15) is 13.2 Å². The lowest BCUT2D eigenvalue weighted by atomic mass is 10.2. The average molecular weight is 502 g/mol. The van der Waals surface area contributed by atoms with E-state index in [1.54, 1.807) is 61.7 Å². The molecule has 0 aromatic heterocycles. The number of halogens is 1. The summed E-state index contributed by atoms with van der Waals surface area (Å²) in [4.78, 5) is 12.4. The normalized spacial score (nSPS) is 11.3. The van der Waals surface area contributed by atoms with Gasteiger partial charge in [0.25, 0.3) is 5.91 Å². The zero-order valence-corrected chi connectivity index (χ0v) is 20.4. The van der Waals surface area contributed by atoms with E-state index in [-0.39, 0.29) is 6.54 Å². The molecule has 3 aromatic rings. The molecule has 0 spiro atoms. The van der Waals surface area contributed by atoms with Crippen LogP contribution < -0.4 is 19.2 Å². The summed E-state index contributed by atoms with van der Waals surface area (Å²) in [7, 11) is -0.480. The number of carbonyl (C=O) groups is 1. The first-order valence-electron chi connectivity index (χ1n) is 10.1. The number of carbonyl (C=O) groups excluding carboxylic acids is 1. The van der Waals surface area contributed by atoms with Crippen molar-refractivity contribution < 1.29 is 22.7 Å². The fourth-order valence-electron chi connectivity index (χ4n) is 3.10. The van der Waals surface area contributed by atoms with Gasteiger partial charge in [-0.2, -0.15) is 5.10 Å². The number of hydrogen-bond acceptors (Lipinski definition) is 6. The van der Waals surface area contributed by atoms with E-state index in [1.165, 1.54) is 29.8 Å². The fraction of sp³-hybridized carbons (Fsp3) is 0.167. The van der Waals surface area contributed by atoms with Crippen LogP contribution in [0.15, 0.2) is 71.8 Å². The minimum Gasteiger partial charge on any atom is -0.493 e. The number of rotatable bonds is 9. The van der Waals surface area contributed by atoms with Crippen molar-refractivity contribution in [3.8, 4) is 11.5 Å². The van der Waals surface area contributed by atoms with E-state index in [0.29, 0.717) is 33.3 Å². The van der Waals surface area contributed by atoms with Crippen molar-refractivity contribution in [3.63, 3.8) is 0 Å². The number of sulfonamides is 1. The van der Waals surface area contributed by atoms with Gasteiger partial charge in [-0.05, 0) is 65.7 Å². The van der Waals surface area contributed by atoms with Gasteiger partial charge in [0, 0.05) is 10.6 Å². The van der Waals surface area contributed by atoms with Crippen LogP contribution in [0.1, 0.15) is 21.5 Å². The maximum Gasteiger partial charge on any atom is 0.271 e. The van der Waals surface area contributed by atoms with Crippen molar-refractivity contribution in [3.05, 3.63) is 88.4 Å². The minimum absolute atomic E-state index is 0.136. The van der Waals surface area contributed by atoms with Gasteiger partial charge < -0.3 is 9.47 Å². The van der Waals surface area contributed by atoms with Gasteiger partial charge in [0.1, 0.15) is 0 Å². The van der Waals surface area contributed by atoms with Crippen molar-refractivity contribution in [1.82, 2.24) is 5.43 Å². The number of nitrogens with zero attached hydrogens (tertiary/aromatic N) is 2. The lowest BCUT2D eigenvalue weighted by Crippen LogP contribution is -2.29. The topological polar surface area (TPSA) is 97.3 Å². The van der Waals surface area contributed by atoms with Crippen LogP contribution >= 0.6 is 11.6 Å². The summed E-state index contributed by atoms with van der Waals surface area (Å²) in [5, 5.41) is 4.54. The van der Waals surface area contributed by atoms with E-state index in [0.717, 1.165) is 11.8 Å². The molecule has 0 radical (unpaired) electrons. The lowest BCUT2D eigenvalue weighted by Gasteiger charge is -2.22. The monoisotopic (exact) mass is 501 g/mol. The second kappa shape index (κ2) is 11.0. The van der Waals surface area contributed by atoms with E-state index >= 15 is 0 Å². The quantitative estimate of drug-likeness (QED) is 0.352. The summed E-state index contributed by atoms with van der Waals surface area (Å²) in [6.45, 7) is 0.136. The molecule has 0 bridgehead atoms. The van der Waals surface area contributed by atoms with Crippen LogP contribution in [0.25, 0.3) is 0 Å². The van der Waals surface area contributed by atoms with E-state index < -0.39 is 15.9 Å². The van der Waals surface area contributed by atoms with Crippen LogP contribution in [0.2, 0.25) is 5.02 Å². The van der Waals surface area contributed by atoms with Crippen LogP contribution in [-0.2, 0) is 16.6 Å². The third-order valence-electron chi connectivity index (χ3n) is 4.84. The van der Waals surface area contributed by atoms with E-state index in [2.05, 4.69) is 10.5 Å². The summed E-state index contributed by atoms with van der Waals surface area (Å²) in [6.07, 6.45) is 2.61. The van der Waals surface area contributed by atoms with Crippen molar-refractivity contribution >= 4 is 39.4 Å². The van der Waals surface area contributed by atoms with Crippen molar-refractivity contribution in [1.29, 1.82) is 0 Å². The van der Waals surface area contributed by atoms with Gasteiger partial charge in [-0.1, -0.05) is 23.7 Å². The van der Waals surface area contributed by atoms with Crippen LogP contribution in [0, 0.1) is 0 Å². The van der Waals surface area contributed by atoms with Crippen LogP contribution in [0.4, 0.5) is 5.69 Å². The van der Waals surface area contributed by atoms with E-state index in [4.69, 9.17) is 21.1 Å². The van der Waals surface area contributed by atoms with Crippen LogP contribution in [0.3, 0.4) is 0 Å². The molecule has 0 saturated heterocycles. The summed E-state index contributed by atoms with van der Waals surface area (Å²) >= 11 is 5.91. The van der Waals surface area contributed by atoms with Gasteiger partial charge in [-0.15, -0.1) is 0 Å². The van der Waals surface area contributed by atoms with Gasteiger partial charge in [0.05, 0.1) is 38.9 Å². The highest BCUT2D eigenvalue weighted by molar-refractivity contribution is 7.92. The second-order valence-corrected chi connectivity index (χ2v) is 9.60. The summed E-state index contributed by atoms with van der Waals surface area (Å²) in [5.74, 6) is 0.692. The number of ether oxygens (including phenoxy) is 2. The number of anilines is 1. The molecule has 8 nitrogen and oxygen atoms in total. The van der Waals surface area contributed by atoms with E-state index in [1.807, 2.05) is 0 Å². The first-order chi connectivity index (χ1) is 16.2. The van der Waals surface area contributed by atoms with Gasteiger partial charge in [0.2, 0.25) is 10.0 Å². The van der Waals surface area contributed by atoms with Crippen molar-refractivity contribution in [2.24, 2.45) is 5.10 Å². The number of hydrogen-bond donors (Lipinski definition) is 1. The number of benzene rings is 3. The van der Waals surface area contributed by atoms with Gasteiger partial charge in [0.15, 0.2) is 11.5 Å². The fourth-order valence-corrected chi connectivity index (χ4v) is 4.11. The molecule has 0 fully saturated rings. The molecule has 0 heterocycles. The van der Waals surface area contributed by atoms with Crippen molar-refractivity contribution in [2.45, 2.75) is 6.54 Å². The molecule has 3 aromatic carbocycles. The largest absolute Gasteiger partial charge is 0.493 e. The van der Waals surface area contributed by atoms with Gasteiger partial charge in [-0.25, -0.2) is 13.8 Å². The predicted molar refractivity (Wildman–Crippen MR) is 134 cm³/mol. The lowest BCUT2D eigenvalue weighted by molar-refractivity contribution is 0.0955. The maximum atomic E-state index is 12.4. The Balaban J connectivity index is 1.70. The number of amides is 1. The van der Waals surface area contributed by atoms with Crippen LogP contribution in [0.5, 0.6) is 11.5 Å². The standard InChI is InChI=1S/C24H24ClN3O5S/c1-32-22-13-6-18(14-23(22)33-2)15-26-27-24(29)19-7-11-21(12-8-19)28(34(3,30)31)16-17-4-9-20(25)10-5-17/h4-15H,16H2,1-3H3,(H,27,29)/b26-15+. The Bertz CT molecular complexity index is 1280. The Labute approximate surface area is 203 Å². The maximum absolute atomic E-state index is 12.4. The molecule has 3 rings (SSSR count). The number of nitrogens with one attached hydrogen (secondary N) is 1. The third kappa shape index (κ3) is 6.49. The Morgan fingerprint density at radius 3 is 2.24 bits per heavy atom. The third-order valence-corrected chi connectivity index (χ3v) is 6.24. The second-order valence-electron chi connectivity index (χ2n) is 7.26. The predicted octanol–water partition coefficient (Wildman–Crippen LogP) is 4.09. The summed E-state index contributed by atoms with van der Waals surface area (Å²) < 4.78 is 36.4. The molecule has 1 N–H and O–H groups in total. The molecule has 178 valence electrons. The molecular formula is C24H24ClN3O5S. The Morgan fingerprint density at radius 2 is 1.65 bits per heavy atom.